The van der Waals surface area contributed by atoms with Gasteiger partial charge in [-0.1, -0.05) is 43.3 Å². The minimum atomic E-state index is -4.09. The van der Waals surface area contributed by atoms with Crippen molar-refractivity contribution in [2.24, 2.45) is 5.92 Å². The minimum absolute atomic E-state index is 0.106. The van der Waals surface area contributed by atoms with E-state index in [0.29, 0.717) is 0 Å². The van der Waals surface area contributed by atoms with Crippen molar-refractivity contribution in [1.82, 2.24) is 9.55 Å². The van der Waals surface area contributed by atoms with Crippen LogP contribution < -0.4 is 10.2 Å². The van der Waals surface area contributed by atoms with Crippen molar-refractivity contribution in [3.8, 4) is 18.1 Å². The molecule has 3 rings (SSSR count). The first-order valence-electron chi connectivity index (χ1n) is 11.4. The summed E-state index contributed by atoms with van der Waals surface area (Å²) in [5.74, 6) is 0.572. The largest absolute Gasteiger partial charge is 0.463 e. The number of aliphatic hydroxyl groups is 1. The van der Waals surface area contributed by atoms with E-state index in [1.165, 1.54) is 19.2 Å². The fourth-order valence-corrected chi connectivity index (χ4v) is 5.64. The van der Waals surface area contributed by atoms with Gasteiger partial charge >= 0.3 is 19.3 Å². The van der Waals surface area contributed by atoms with Gasteiger partial charge in [0.15, 0.2) is 6.23 Å². The third-order valence-corrected chi connectivity index (χ3v) is 7.71. The lowest BCUT2D eigenvalue weighted by Crippen LogP contribution is -2.44. The number of halogens is 1. The zero-order valence-corrected chi connectivity index (χ0v) is 22.1. The minimum Gasteiger partial charge on any atom is -0.463 e. The van der Waals surface area contributed by atoms with Crippen molar-refractivity contribution in [2.75, 3.05) is 12.8 Å². The van der Waals surface area contributed by atoms with Crippen molar-refractivity contribution < 1.29 is 37.4 Å². The molecule has 2 unspecified atom stereocenters. The van der Waals surface area contributed by atoms with E-state index in [4.69, 9.17) is 37.2 Å². The number of esters is 1. The summed E-state index contributed by atoms with van der Waals surface area (Å²) < 4.78 is 52.3. The van der Waals surface area contributed by atoms with Gasteiger partial charge in [-0.3, -0.25) is 18.9 Å². The summed E-state index contributed by atoms with van der Waals surface area (Å²) in [6.45, 7) is 4.23. The molecule has 1 aromatic heterocycles. The number of ether oxygens (including phenoxy) is 2. The highest BCUT2D eigenvalue weighted by Gasteiger charge is 2.58. The molecule has 6 atom stereocenters. The van der Waals surface area contributed by atoms with Crippen LogP contribution in [0.25, 0.3) is 0 Å². The van der Waals surface area contributed by atoms with Crippen molar-refractivity contribution in [2.45, 2.75) is 51.0 Å². The molecule has 0 spiro atoms. The fourth-order valence-electron chi connectivity index (χ4n) is 3.63. The van der Waals surface area contributed by atoms with Crippen LogP contribution in [-0.4, -0.2) is 57.4 Å². The van der Waals surface area contributed by atoms with E-state index in [-0.39, 0.29) is 22.7 Å². The molecule has 2 heterocycles. The number of carbonyl (C=O) groups excluding carboxylic acids is 1. The number of para-hydroxylation sites is 1. The molecular formula is C24H28FN2O8PS. The summed E-state index contributed by atoms with van der Waals surface area (Å²) in [6.07, 6.45) is 0.672. The summed E-state index contributed by atoms with van der Waals surface area (Å²) in [4.78, 5) is 27.0. The molecule has 0 amide bonds. The number of carbonyl (C=O) groups is 1. The molecule has 1 aliphatic heterocycles. The van der Waals surface area contributed by atoms with Gasteiger partial charge in [-0.25, -0.2) is 13.8 Å². The monoisotopic (exact) mass is 554 g/mol. The van der Waals surface area contributed by atoms with Crippen LogP contribution >= 0.6 is 19.8 Å². The first-order valence-corrected chi connectivity index (χ1v) is 13.5. The number of nitrogens with one attached hydrogen (secondary N) is 1. The van der Waals surface area contributed by atoms with Gasteiger partial charge in [0.25, 0.3) is 0 Å². The molecule has 1 aromatic carbocycles. The number of hydrogen-bond donors (Lipinski definition) is 2. The van der Waals surface area contributed by atoms with E-state index >= 15 is 4.39 Å². The van der Waals surface area contributed by atoms with Gasteiger partial charge in [-0.15, -0.1) is 6.42 Å². The Morgan fingerprint density at radius 3 is 2.62 bits per heavy atom. The maximum absolute atomic E-state index is 15.7. The standard InChI is InChI=1S/C24H28FN2O8PS/c1-5-24(25)20(28)18(34-22(24)27-12-11-19(37)26-23(27)30)13-32-36(31,35-17-9-7-6-8-10-17)14-16(4)21(29)33-15(2)3/h1,6-12,15-16,18,20,22,28H,13-14H2,2-4H3,(H,26,30,37)/t16-,18-,20+,22-,24?,36?/m1/s1. The number of aromatic nitrogens is 2. The molecule has 2 N–H and O–H groups in total. The smallest absolute Gasteiger partial charge is 0.380 e. The fraction of sp³-hybridized carbons (Fsp3) is 0.458. The first-order chi connectivity index (χ1) is 17.4. The molecule has 13 heteroatoms. The normalized spacial score (nSPS) is 25.7. The molecule has 1 aliphatic rings. The van der Waals surface area contributed by atoms with Gasteiger partial charge in [-0.2, -0.15) is 0 Å². The van der Waals surface area contributed by atoms with Crippen LogP contribution in [0.15, 0.2) is 47.4 Å². The van der Waals surface area contributed by atoms with Crippen LogP contribution in [0.1, 0.15) is 27.0 Å². The number of aromatic amines is 1. The van der Waals surface area contributed by atoms with Crippen LogP contribution in [0.5, 0.6) is 5.75 Å². The summed E-state index contributed by atoms with van der Waals surface area (Å²) in [5, 5.41) is 10.7. The number of terminal acetylenes is 1. The van der Waals surface area contributed by atoms with Gasteiger partial charge in [-0.05, 0) is 32.0 Å². The number of hydrogen-bond acceptors (Lipinski definition) is 9. The van der Waals surface area contributed by atoms with Crippen molar-refractivity contribution >= 4 is 25.8 Å². The van der Waals surface area contributed by atoms with Crippen LogP contribution in [0.3, 0.4) is 0 Å². The number of nitrogens with zero attached hydrogens (tertiary/aromatic N) is 1. The molecule has 0 radical (unpaired) electrons. The second-order valence-electron chi connectivity index (χ2n) is 8.78. The lowest BCUT2D eigenvalue weighted by atomic mass is 9.97. The lowest BCUT2D eigenvalue weighted by Gasteiger charge is -2.24. The van der Waals surface area contributed by atoms with E-state index in [9.17, 15) is 19.3 Å². The van der Waals surface area contributed by atoms with Crippen LogP contribution in [0.4, 0.5) is 4.39 Å². The number of rotatable bonds is 10. The molecule has 10 nitrogen and oxygen atoms in total. The second-order valence-corrected chi connectivity index (χ2v) is 11.2. The molecule has 2 aromatic rings. The first kappa shape index (κ1) is 28.8. The Kier molecular flexibility index (Phi) is 9.10. The van der Waals surface area contributed by atoms with E-state index in [1.807, 2.05) is 5.92 Å². The third-order valence-electron chi connectivity index (χ3n) is 5.45. The second kappa shape index (κ2) is 11.7. The summed E-state index contributed by atoms with van der Waals surface area (Å²) >= 11 is 4.89. The SMILES string of the molecule is C#CC1(F)[C@@H](O)[C@@H](COP(=O)(C[C@@H](C)C(=O)OC(C)C)Oc2ccccc2)O[C@H]1n1ccc(=S)[nH]c1=O. The molecule has 200 valence electrons. The number of H-pyrrole nitrogens is 1. The molecule has 1 saturated heterocycles. The predicted octanol–water partition coefficient (Wildman–Crippen LogP) is 3.38. The molecule has 0 bridgehead atoms. The van der Waals surface area contributed by atoms with Gasteiger partial charge in [0.2, 0.25) is 5.67 Å². The highest BCUT2D eigenvalue weighted by Crippen LogP contribution is 2.51. The van der Waals surface area contributed by atoms with Gasteiger partial charge in [0.05, 0.1) is 24.8 Å². The maximum Gasteiger partial charge on any atom is 0.380 e. The number of benzene rings is 1. The van der Waals surface area contributed by atoms with E-state index in [1.54, 1.807) is 44.2 Å². The lowest BCUT2D eigenvalue weighted by molar-refractivity contribution is -0.151. The van der Waals surface area contributed by atoms with Crippen LogP contribution in [-0.2, 0) is 23.4 Å². The zero-order valence-electron chi connectivity index (χ0n) is 20.4. The molecule has 1 fully saturated rings. The summed E-state index contributed by atoms with van der Waals surface area (Å²) in [6, 6.07) is 9.44. The Morgan fingerprint density at radius 2 is 2.03 bits per heavy atom. The van der Waals surface area contributed by atoms with Gasteiger partial charge < -0.3 is 19.1 Å². The number of aliphatic hydroxyl groups excluding tert-OH is 1. The van der Waals surface area contributed by atoms with E-state index in [2.05, 4.69) is 4.98 Å². The Bertz CT molecular complexity index is 1310. The maximum atomic E-state index is 15.7. The average Bonchev–Trinajstić information content (AvgIpc) is 3.08. The third kappa shape index (κ3) is 6.74. The van der Waals surface area contributed by atoms with E-state index < -0.39 is 55.9 Å². The predicted molar refractivity (Wildman–Crippen MR) is 134 cm³/mol. The van der Waals surface area contributed by atoms with Crippen molar-refractivity contribution in [1.29, 1.82) is 0 Å². The molecule has 37 heavy (non-hydrogen) atoms. The molecular weight excluding hydrogens is 526 g/mol. The van der Waals surface area contributed by atoms with Crippen molar-refractivity contribution in [3.63, 3.8) is 0 Å². The highest BCUT2D eigenvalue weighted by molar-refractivity contribution is 7.71. The van der Waals surface area contributed by atoms with Crippen LogP contribution in [0, 0.1) is 22.9 Å². The zero-order chi connectivity index (χ0) is 27.4. The topological polar surface area (TPSA) is 129 Å². The number of alkyl halides is 1. The average molecular weight is 555 g/mol. The van der Waals surface area contributed by atoms with E-state index in [0.717, 1.165) is 4.57 Å². The summed E-state index contributed by atoms with van der Waals surface area (Å²) in [7, 11) is -4.09. The highest BCUT2D eigenvalue weighted by atomic mass is 32.1. The Labute approximate surface area is 218 Å². The molecule has 0 saturated carbocycles. The van der Waals surface area contributed by atoms with Crippen LogP contribution in [0.2, 0.25) is 0 Å². The van der Waals surface area contributed by atoms with Gasteiger partial charge in [0, 0.05) is 6.20 Å². The molecule has 0 aliphatic carbocycles. The van der Waals surface area contributed by atoms with Gasteiger partial charge in [0.1, 0.15) is 22.6 Å². The van der Waals surface area contributed by atoms with Crippen molar-refractivity contribution in [3.05, 3.63) is 57.7 Å². The Balaban J connectivity index is 1.84. The Morgan fingerprint density at radius 1 is 1.35 bits per heavy atom. The quantitative estimate of drug-likeness (QED) is 0.197. The summed E-state index contributed by atoms with van der Waals surface area (Å²) in [5.41, 5.74) is -3.63. The Hall–Kier alpha value is -2.81.